The van der Waals surface area contributed by atoms with Crippen LogP contribution in [0.5, 0.6) is 0 Å². The Morgan fingerprint density at radius 1 is 1.29 bits per heavy atom. The molecule has 0 bridgehead atoms. The molecule has 0 spiro atoms. The van der Waals surface area contributed by atoms with Crippen molar-refractivity contribution in [2.24, 2.45) is 13.0 Å². The van der Waals surface area contributed by atoms with Crippen molar-refractivity contribution in [3.63, 3.8) is 0 Å². The van der Waals surface area contributed by atoms with E-state index in [2.05, 4.69) is 35.6 Å². The maximum absolute atomic E-state index is 4.32. The molecule has 0 atom stereocenters. The molecule has 1 heterocycles. The Hall–Kier alpha value is -0.870. The van der Waals surface area contributed by atoms with Gasteiger partial charge in [0.1, 0.15) is 0 Å². The second kappa shape index (κ2) is 7.45. The summed E-state index contributed by atoms with van der Waals surface area (Å²) in [5.74, 6) is 0.736. The van der Waals surface area contributed by atoms with Gasteiger partial charge in [-0.15, -0.1) is 0 Å². The van der Waals surface area contributed by atoms with Crippen LogP contribution >= 0.6 is 0 Å². The highest BCUT2D eigenvalue weighted by Crippen LogP contribution is 2.00. The summed E-state index contributed by atoms with van der Waals surface area (Å²) in [5.41, 5.74) is 2.33. The molecule has 0 amide bonds. The summed E-state index contributed by atoms with van der Waals surface area (Å²) in [6.07, 6.45) is 1.17. The van der Waals surface area contributed by atoms with Crippen LogP contribution in [-0.4, -0.2) is 29.4 Å². The summed E-state index contributed by atoms with van der Waals surface area (Å²) in [5, 5.41) is 11.2. The number of hydrogen-bond acceptors (Lipinski definition) is 3. The quantitative estimate of drug-likeness (QED) is 0.674. The molecule has 4 heteroatoms. The van der Waals surface area contributed by atoms with E-state index in [4.69, 9.17) is 0 Å². The van der Waals surface area contributed by atoms with Crippen molar-refractivity contribution in [3.8, 4) is 0 Å². The third-order valence-electron chi connectivity index (χ3n) is 2.66. The largest absolute Gasteiger partial charge is 0.316 e. The van der Waals surface area contributed by atoms with Crippen LogP contribution < -0.4 is 10.6 Å². The maximum atomic E-state index is 4.32. The molecule has 0 aliphatic heterocycles. The molecule has 2 N–H and O–H groups in total. The van der Waals surface area contributed by atoms with Crippen molar-refractivity contribution in [1.29, 1.82) is 0 Å². The van der Waals surface area contributed by atoms with Crippen molar-refractivity contribution in [2.45, 2.75) is 33.7 Å². The predicted octanol–water partition coefficient (Wildman–Crippen LogP) is 1.45. The smallest absolute Gasteiger partial charge is 0.0597 e. The van der Waals surface area contributed by atoms with Gasteiger partial charge < -0.3 is 10.6 Å². The normalized spacial score (nSPS) is 11.4. The Kier molecular flexibility index (Phi) is 6.22. The van der Waals surface area contributed by atoms with Crippen LogP contribution in [0.3, 0.4) is 0 Å². The van der Waals surface area contributed by atoms with E-state index in [0.29, 0.717) is 0 Å². The lowest BCUT2D eigenvalue weighted by atomic mass is 10.2. The van der Waals surface area contributed by atoms with Gasteiger partial charge in [-0.3, -0.25) is 4.68 Å². The molecule has 0 saturated heterocycles. The maximum Gasteiger partial charge on any atom is 0.0597 e. The highest BCUT2D eigenvalue weighted by molar-refractivity contribution is 5.08. The molecule has 0 aliphatic carbocycles. The molecule has 0 unspecified atom stereocenters. The lowest BCUT2D eigenvalue weighted by Crippen LogP contribution is -2.25. The van der Waals surface area contributed by atoms with Gasteiger partial charge in [0, 0.05) is 13.6 Å². The van der Waals surface area contributed by atoms with Crippen molar-refractivity contribution >= 4 is 0 Å². The van der Waals surface area contributed by atoms with Crippen LogP contribution in [0.1, 0.15) is 31.7 Å². The van der Waals surface area contributed by atoms with E-state index in [1.54, 1.807) is 0 Å². The third kappa shape index (κ3) is 5.84. The second-order valence-corrected chi connectivity index (χ2v) is 5.03. The fourth-order valence-corrected chi connectivity index (χ4v) is 1.78. The highest BCUT2D eigenvalue weighted by Gasteiger charge is 2.00. The minimum atomic E-state index is 0.736. The van der Waals surface area contributed by atoms with Gasteiger partial charge in [-0.25, -0.2) is 0 Å². The standard InChI is InChI=1S/C13H26N4/c1-11(2)9-14-6-5-7-15-10-13-8-12(3)16-17(13)4/h8,11,14-15H,5-7,9-10H2,1-4H3. The van der Waals surface area contributed by atoms with Gasteiger partial charge in [-0.1, -0.05) is 13.8 Å². The van der Waals surface area contributed by atoms with Crippen LogP contribution in [0.4, 0.5) is 0 Å². The van der Waals surface area contributed by atoms with Gasteiger partial charge in [0.25, 0.3) is 0 Å². The SMILES string of the molecule is Cc1cc(CNCCCNCC(C)C)n(C)n1. The number of hydrogen-bond donors (Lipinski definition) is 2. The summed E-state index contributed by atoms with van der Waals surface area (Å²) >= 11 is 0. The minimum Gasteiger partial charge on any atom is -0.316 e. The molecular weight excluding hydrogens is 212 g/mol. The average molecular weight is 238 g/mol. The molecule has 1 rings (SSSR count). The fraction of sp³-hybridized carbons (Fsp3) is 0.769. The fourth-order valence-electron chi connectivity index (χ4n) is 1.78. The number of nitrogens with zero attached hydrogens (tertiary/aromatic N) is 2. The molecule has 0 radical (unpaired) electrons. The van der Waals surface area contributed by atoms with E-state index >= 15 is 0 Å². The highest BCUT2D eigenvalue weighted by atomic mass is 15.3. The van der Waals surface area contributed by atoms with Crippen molar-refractivity contribution in [3.05, 3.63) is 17.5 Å². The summed E-state index contributed by atoms with van der Waals surface area (Å²) in [6.45, 7) is 10.7. The van der Waals surface area contributed by atoms with Crippen LogP contribution in [-0.2, 0) is 13.6 Å². The Morgan fingerprint density at radius 2 is 2.00 bits per heavy atom. The van der Waals surface area contributed by atoms with E-state index in [9.17, 15) is 0 Å². The first-order valence-corrected chi connectivity index (χ1v) is 6.50. The predicted molar refractivity (Wildman–Crippen MR) is 72.0 cm³/mol. The number of aromatic nitrogens is 2. The first-order valence-electron chi connectivity index (χ1n) is 6.50. The molecule has 1 aromatic heterocycles. The zero-order chi connectivity index (χ0) is 12.7. The molecule has 4 nitrogen and oxygen atoms in total. The van der Waals surface area contributed by atoms with Gasteiger partial charge in [-0.2, -0.15) is 5.10 Å². The summed E-state index contributed by atoms with van der Waals surface area (Å²) < 4.78 is 1.94. The number of nitrogens with one attached hydrogen (secondary N) is 2. The minimum absolute atomic E-state index is 0.736. The van der Waals surface area contributed by atoms with Crippen LogP contribution in [0.25, 0.3) is 0 Å². The van der Waals surface area contributed by atoms with E-state index in [1.165, 1.54) is 12.1 Å². The third-order valence-corrected chi connectivity index (χ3v) is 2.66. The second-order valence-electron chi connectivity index (χ2n) is 5.03. The van der Waals surface area contributed by atoms with Gasteiger partial charge in [-0.05, 0) is 45.0 Å². The van der Waals surface area contributed by atoms with E-state index < -0.39 is 0 Å². The topological polar surface area (TPSA) is 41.9 Å². The van der Waals surface area contributed by atoms with Gasteiger partial charge in [0.2, 0.25) is 0 Å². The first kappa shape index (κ1) is 14.2. The lowest BCUT2D eigenvalue weighted by Gasteiger charge is -2.08. The Bertz CT molecular complexity index is 317. The molecular formula is C13H26N4. The molecule has 0 aromatic carbocycles. The molecule has 0 fully saturated rings. The number of rotatable bonds is 8. The summed E-state index contributed by atoms with van der Waals surface area (Å²) in [4.78, 5) is 0. The average Bonchev–Trinajstić information content (AvgIpc) is 2.55. The van der Waals surface area contributed by atoms with Crippen molar-refractivity contribution in [2.75, 3.05) is 19.6 Å². The monoisotopic (exact) mass is 238 g/mol. The molecule has 98 valence electrons. The zero-order valence-electron chi connectivity index (χ0n) is 11.6. The van der Waals surface area contributed by atoms with Crippen molar-refractivity contribution in [1.82, 2.24) is 20.4 Å². The first-order chi connectivity index (χ1) is 8.09. The van der Waals surface area contributed by atoms with E-state index in [1.807, 2.05) is 18.7 Å². The van der Waals surface area contributed by atoms with Gasteiger partial charge in [0.15, 0.2) is 0 Å². The summed E-state index contributed by atoms with van der Waals surface area (Å²) in [7, 11) is 1.99. The number of aryl methyl sites for hydroxylation is 2. The Balaban J connectivity index is 2.03. The molecule has 0 saturated carbocycles. The van der Waals surface area contributed by atoms with E-state index in [-0.39, 0.29) is 0 Å². The van der Waals surface area contributed by atoms with Crippen LogP contribution in [0, 0.1) is 12.8 Å². The summed E-state index contributed by atoms with van der Waals surface area (Å²) in [6, 6.07) is 2.13. The van der Waals surface area contributed by atoms with Crippen LogP contribution in [0.15, 0.2) is 6.07 Å². The Morgan fingerprint density at radius 3 is 2.59 bits per heavy atom. The van der Waals surface area contributed by atoms with Crippen molar-refractivity contribution < 1.29 is 0 Å². The Labute approximate surface area is 105 Å². The van der Waals surface area contributed by atoms with Gasteiger partial charge in [0.05, 0.1) is 11.4 Å². The van der Waals surface area contributed by atoms with Gasteiger partial charge >= 0.3 is 0 Å². The van der Waals surface area contributed by atoms with E-state index in [0.717, 1.165) is 37.8 Å². The molecule has 0 aliphatic rings. The molecule has 1 aromatic rings. The lowest BCUT2D eigenvalue weighted by molar-refractivity contribution is 0.526. The zero-order valence-corrected chi connectivity index (χ0v) is 11.6. The molecule has 17 heavy (non-hydrogen) atoms. The van der Waals surface area contributed by atoms with Crippen LogP contribution in [0.2, 0.25) is 0 Å².